The third-order valence-corrected chi connectivity index (χ3v) is 2.71. The molecule has 1 aromatic heterocycles. The van der Waals surface area contributed by atoms with Crippen molar-refractivity contribution >= 4 is 0 Å². The second-order valence-electron chi connectivity index (χ2n) is 5.44. The van der Waals surface area contributed by atoms with Crippen LogP contribution in [0.2, 0.25) is 0 Å². The Hall–Kier alpha value is -1.09. The molecule has 1 atom stereocenters. The Bertz CT molecular complexity index is 369. The average molecular weight is 237 g/mol. The third kappa shape index (κ3) is 4.00. The summed E-state index contributed by atoms with van der Waals surface area (Å²) in [4.78, 5) is 4.51. The summed E-state index contributed by atoms with van der Waals surface area (Å²) < 4.78 is 5.72. The van der Waals surface area contributed by atoms with Crippen molar-refractivity contribution in [1.82, 2.24) is 4.98 Å². The van der Waals surface area contributed by atoms with Gasteiger partial charge in [-0.2, -0.15) is 0 Å². The first-order chi connectivity index (χ1) is 7.86. The van der Waals surface area contributed by atoms with Gasteiger partial charge in [-0.05, 0) is 25.0 Å². The summed E-state index contributed by atoms with van der Waals surface area (Å²) in [5.74, 6) is 0.607. The first-order valence-corrected chi connectivity index (χ1v) is 6.15. The molecule has 1 heterocycles. The van der Waals surface area contributed by atoms with Gasteiger partial charge >= 0.3 is 0 Å². The molecule has 1 unspecified atom stereocenters. The lowest BCUT2D eigenvalue weighted by Gasteiger charge is -2.20. The van der Waals surface area contributed by atoms with E-state index in [4.69, 9.17) is 4.74 Å². The highest BCUT2D eigenvalue weighted by Crippen LogP contribution is 2.24. The molecule has 0 amide bonds. The van der Waals surface area contributed by atoms with E-state index in [0.29, 0.717) is 5.88 Å². The van der Waals surface area contributed by atoms with Gasteiger partial charge in [0.05, 0.1) is 18.4 Å². The Labute approximate surface area is 104 Å². The number of hydrogen-bond acceptors (Lipinski definition) is 3. The number of aliphatic hydroxyl groups excluding tert-OH is 1. The van der Waals surface area contributed by atoms with Crippen LogP contribution in [0, 0.1) is 0 Å². The normalized spacial score (nSPS) is 13.5. The van der Waals surface area contributed by atoms with Gasteiger partial charge in [0.1, 0.15) is 0 Å². The van der Waals surface area contributed by atoms with Crippen LogP contribution >= 0.6 is 0 Å². The summed E-state index contributed by atoms with van der Waals surface area (Å²) in [6, 6.07) is 3.74. The number of ether oxygens (including phenoxy) is 1. The molecule has 0 saturated heterocycles. The molecule has 0 spiro atoms. The maximum absolute atomic E-state index is 9.26. The first-order valence-electron chi connectivity index (χ1n) is 6.15. The molecule has 1 N–H and O–H groups in total. The third-order valence-electron chi connectivity index (χ3n) is 2.71. The van der Waals surface area contributed by atoms with E-state index >= 15 is 0 Å². The molecule has 0 radical (unpaired) electrons. The summed E-state index contributed by atoms with van der Waals surface area (Å²) in [5.41, 5.74) is 1.75. The molecule has 1 aromatic rings. The maximum Gasteiger partial charge on any atom is 0.214 e. The van der Waals surface area contributed by atoms with E-state index < -0.39 is 0 Å². The molecule has 0 aromatic carbocycles. The minimum absolute atomic E-state index is 0.0163. The van der Waals surface area contributed by atoms with Gasteiger partial charge in [-0.25, -0.2) is 4.98 Å². The molecule has 3 heteroatoms. The van der Waals surface area contributed by atoms with E-state index in [1.165, 1.54) is 0 Å². The molecule has 96 valence electrons. The van der Waals surface area contributed by atoms with Crippen LogP contribution in [-0.4, -0.2) is 16.2 Å². The molecule has 0 aliphatic heterocycles. The molecule has 3 nitrogen and oxygen atoms in total. The Balaban J connectivity index is 3.05. The van der Waals surface area contributed by atoms with Crippen molar-refractivity contribution in [3.63, 3.8) is 0 Å². The molecule has 0 aliphatic rings. The zero-order valence-electron chi connectivity index (χ0n) is 11.4. The Morgan fingerprint density at radius 2 is 2.00 bits per heavy atom. The van der Waals surface area contributed by atoms with Crippen molar-refractivity contribution in [2.24, 2.45) is 0 Å². The smallest absolute Gasteiger partial charge is 0.214 e. The fourth-order valence-corrected chi connectivity index (χ4v) is 1.38. The first kappa shape index (κ1) is 14.0. The fraction of sp³-hybridized carbons (Fsp3) is 0.643. The van der Waals surface area contributed by atoms with Crippen molar-refractivity contribution in [2.75, 3.05) is 0 Å². The summed E-state index contributed by atoms with van der Waals surface area (Å²) in [5, 5.41) is 9.26. The molecule has 17 heavy (non-hydrogen) atoms. The fourth-order valence-electron chi connectivity index (χ4n) is 1.38. The van der Waals surface area contributed by atoms with E-state index in [-0.39, 0.29) is 18.1 Å². The van der Waals surface area contributed by atoms with Crippen LogP contribution in [0.5, 0.6) is 5.88 Å². The van der Waals surface area contributed by atoms with Gasteiger partial charge in [-0.3, -0.25) is 0 Å². The van der Waals surface area contributed by atoms with Crippen LogP contribution in [0.15, 0.2) is 12.1 Å². The van der Waals surface area contributed by atoms with Crippen LogP contribution in [0.4, 0.5) is 0 Å². The van der Waals surface area contributed by atoms with Crippen LogP contribution in [0.25, 0.3) is 0 Å². The summed E-state index contributed by atoms with van der Waals surface area (Å²) in [6.45, 7) is 10.4. The summed E-state index contributed by atoms with van der Waals surface area (Å²) >= 11 is 0. The van der Waals surface area contributed by atoms with Gasteiger partial charge in [-0.1, -0.05) is 27.7 Å². The zero-order valence-corrected chi connectivity index (χ0v) is 11.4. The van der Waals surface area contributed by atoms with Gasteiger partial charge in [0, 0.05) is 11.5 Å². The molecule has 1 rings (SSSR count). The minimum atomic E-state index is -0.0429. The molecular formula is C14H23NO2. The van der Waals surface area contributed by atoms with Crippen molar-refractivity contribution in [1.29, 1.82) is 0 Å². The van der Waals surface area contributed by atoms with Gasteiger partial charge in [0.25, 0.3) is 0 Å². The average Bonchev–Trinajstić information content (AvgIpc) is 2.27. The van der Waals surface area contributed by atoms with Gasteiger partial charge < -0.3 is 9.84 Å². The molecule has 0 aliphatic carbocycles. The van der Waals surface area contributed by atoms with E-state index in [0.717, 1.165) is 17.7 Å². The lowest BCUT2D eigenvalue weighted by molar-refractivity contribution is 0.206. The van der Waals surface area contributed by atoms with Crippen molar-refractivity contribution < 1.29 is 9.84 Å². The van der Waals surface area contributed by atoms with Crippen LogP contribution in [-0.2, 0) is 12.0 Å². The predicted octanol–water partition coefficient (Wildman–Crippen LogP) is 3.05. The zero-order chi connectivity index (χ0) is 13.1. The minimum Gasteiger partial charge on any atom is -0.475 e. The summed E-state index contributed by atoms with van der Waals surface area (Å²) in [6.07, 6.45) is 1.08. The second-order valence-corrected chi connectivity index (χ2v) is 5.44. The SMILES string of the molecule is CCC(C)Oc1cc(CO)cc(C(C)(C)C)n1. The van der Waals surface area contributed by atoms with E-state index in [2.05, 4.69) is 32.7 Å². The van der Waals surface area contributed by atoms with Crippen LogP contribution < -0.4 is 4.74 Å². The topological polar surface area (TPSA) is 42.4 Å². The highest BCUT2D eigenvalue weighted by Gasteiger charge is 2.18. The summed E-state index contributed by atoms with van der Waals surface area (Å²) in [7, 11) is 0. The number of pyridine rings is 1. The molecule has 0 fully saturated rings. The number of hydrogen-bond donors (Lipinski definition) is 1. The van der Waals surface area contributed by atoms with Gasteiger partial charge in [0.2, 0.25) is 5.88 Å². The number of nitrogens with zero attached hydrogens (tertiary/aromatic N) is 1. The van der Waals surface area contributed by atoms with E-state index in [9.17, 15) is 5.11 Å². The standard InChI is InChI=1S/C14H23NO2/c1-6-10(2)17-13-8-11(9-16)7-12(15-13)14(3,4)5/h7-8,10,16H,6,9H2,1-5H3. The van der Waals surface area contributed by atoms with Gasteiger partial charge in [0.15, 0.2) is 0 Å². The number of aromatic nitrogens is 1. The molecule has 0 saturated carbocycles. The Morgan fingerprint density at radius 3 is 2.47 bits per heavy atom. The predicted molar refractivity (Wildman–Crippen MR) is 69.2 cm³/mol. The molecule has 0 bridgehead atoms. The monoisotopic (exact) mass is 237 g/mol. The Kier molecular flexibility index (Phi) is 4.52. The van der Waals surface area contributed by atoms with E-state index in [1.54, 1.807) is 6.07 Å². The largest absolute Gasteiger partial charge is 0.475 e. The lowest BCUT2D eigenvalue weighted by atomic mass is 9.91. The quantitative estimate of drug-likeness (QED) is 0.875. The van der Waals surface area contributed by atoms with Crippen molar-refractivity contribution in [3.8, 4) is 5.88 Å². The molecular weight excluding hydrogens is 214 g/mol. The van der Waals surface area contributed by atoms with Crippen LogP contribution in [0.3, 0.4) is 0 Å². The van der Waals surface area contributed by atoms with Gasteiger partial charge in [-0.15, -0.1) is 0 Å². The maximum atomic E-state index is 9.26. The van der Waals surface area contributed by atoms with E-state index in [1.807, 2.05) is 13.0 Å². The van der Waals surface area contributed by atoms with Crippen molar-refractivity contribution in [3.05, 3.63) is 23.4 Å². The highest BCUT2D eigenvalue weighted by atomic mass is 16.5. The number of rotatable bonds is 4. The second kappa shape index (κ2) is 5.50. The number of aliphatic hydroxyl groups is 1. The highest BCUT2D eigenvalue weighted by molar-refractivity contribution is 5.28. The Morgan fingerprint density at radius 1 is 1.35 bits per heavy atom. The van der Waals surface area contributed by atoms with Crippen LogP contribution in [0.1, 0.15) is 52.3 Å². The lowest BCUT2D eigenvalue weighted by Crippen LogP contribution is -2.17. The van der Waals surface area contributed by atoms with Crippen molar-refractivity contribution in [2.45, 2.75) is 59.2 Å².